The first-order valence-corrected chi connectivity index (χ1v) is 5.47. The molecule has 2 aliphatic rings. The number of carbonyl (C=O) groups is 1. The fraction of sp³-hybridized carbons (Fsp3) is 0.900. The van der Waals surface area contributed by atoms with Crippen LogP contribution in [0.5, 0.6) is 0 Å². The predicted octanol–water partition coefficient (Wildman–Crippen LogP) is -1.22. The molecule has 2 aliphatic heterocycles. The Kier molecular flexibility index (Phi) is 2.95. The highest BCUT2D eigenvalue weighted by atomic mass is 16.3. The molecule has 0 aliphatic carbocycles. The van der Waals surface area contributed by atoms with Crippen LogP contribution < -0.4 is 0 Å². The largest absolute Gasteiger partial charge is 0.373 e. The monoisotopic (exact) mass is 213 g/mol. The van der Waals surface area contributed by atoms with Crippen LogP contribution in [0.25, 0.3) is 0 Å². The molecule has 2 saturated heterocycles. The lowest BCUT2D eigenvalue weighted by molar-refractivity contribution is -0.135. The highest BCUT2D eigenvalue weighted by Gasteiger charge is 2.40. The molecule has 2 unspecified atom stereocenters. The molecule has 1 amide bonds. The summed E-state index contributed by atoms with van der Waals surface area (Å²) in [5.74, 6) is 0.0621. The maximum absolute atomic E-state index is 11.8. The number of aliphatic hydroxyl groups excluding tert-OH is 1. The van der Waals surface area contributed by atoms with Gasteiger partial charge in [-0.15, -0.1) is 0 Å². The number of hydrogen-bond donors (Lipinski definition) is 1. The fourth-order valence-electron chi connectivity index (χ4n) is 2.28. The third-order valence-corrected chi connectivity index (χ3v) is 3.49. The second-order valence-corrected chi connectivity index (χ2v) is 4.52. The Balaban J connectivity index is 1.97. The molecule has 0 radical (unpaired) electrons. The number of likely N-dealkylation sites (N-methyl/N-ethyl adjacent to an activating group) is 2. The minimum Gasteiger partial charge on any atom is -0.373 e. The number of aliphatic hydroxyl groups is 1. The van der Waals surface area contributed by atoms with E-state index in [0.717, 1.165) is 26.2 Å². The molecular formula is C10H19N3O2. The number of hydrogen-bond acceptors (Lipinski definition) is 4. The molecule has 0 saturated carbocycles. The minimum atomic E-state index is -0.595. The zero-order chi connectivity index (χ0) is 11.0. The SMILES string of the molecule is CN1CCN(C2CC(O)N(C)C2=O)CC1. The van der Waals surface area contributed by atoms with E-state index in [1.165, 1.54) is 4.90 Å². The second kappa shape index (κ2) is 4.08. The van der Waals surface area contributed by atoms with Gasteiger partial charge >= 0.3 is 0 Å². The molecule has 0 aromatic carbocycles. The van der Waals surface area contributed by atoms with Crippen molar-refractivity contribution in [1.29, 1.82) is 0 Å². The van der Waals surface area contributed by atoms with Crippen molar-refractivity contribution in [2.45, 2.75) is 18.7 Å². The van der Waals surface area contributed by atoms with Crippen LogP contribution in [0.2, 0.25) is 0 Å². The molecule has 5 heteroatoms. The Bertz CT molecular complexity index is 251. The summed E-state index contributed by atoms with van der Waals surface area (Å²) in [6.07, 6.45) is -0.0406. The molecule has 2 rings (SSSR count). The van der Waals surface area contributed by atoms with Crippen LogP contribution in [0.3, 0.4) is 0 Å². The normalized spacial score (nSPS) is 35.1. The van der Waals surface area contributed by atoms with Gasteiger partial charge in [0.1, 0.15) is 6.23 Å². The molecule has 2 atom stereocenters. The Morgan fingerprint density at radius 3 is 2.27 bits per heavy atom. The highest BCUT2D eigenvalue weighted by molar-refractivity contribution is 5.84. The maximum Gasteiger partial charge on any atom is 0.241 e. The summed E-state index contributed by atoms with van der Waals surface area (Å²) in [5, 5.41) is 9.59. The van der Waals surface area contributed by atoms with Gasteiger partial charge < -0.3 is 14.9 Å². The summed E-state index contributed by atoms with van der Waals surface area (Å²) < 4.78 is 0. The Hall–Kier alpha value is -0.650. The molecule has 2 heterocycles. The van der Waals surface area contributed by atoms with Crippen LogP contribution in [0.1, 0.15) is 6.42 Å². The maximum atomic E-state index is 11.8. The Labute approximate surface area is 90.2 Å². The molecule has 15 heavy (non-hydrogen) atoms. The van der Waals surface area contributed by atoms with E-state index in [4.69, 9.17) is 0 Å². The molecule has 2 fully saturated rings. The van der Waals surface area contributed by atoms with Gasteiger partial charge in [0.05, 0.1) is 6.04 Å². The first kappa shape index (κ1) is 10.9. The van der Waals surface area contributed by atoms with Crippen LogP contribution in [-0.4, -0.2) is 78.3 Å². The minimum absolute atomic E-state index is 0.0621. The number of nitrogens with zero attached hydrogens (tertiary/aromatic N) is 3. The molecule has 0 aromatic rings. The van der Waals surface area contributed by atoms with Crippen molar-refractivity contribution < 1.29 is 9.90 Å². The van der Waals surface area contributed by atoms with E-state index in [0.29, 0.717) is 6.42 Å². The smallest absolute Gasteiger partial charge is 0.241 e. The third-order valence-electron chi connectivity index (χ3n) is 3.49. The molecular weight excluding hydrogens is 194 g/mol. The molecule has 0 bridgehead atoms. The number of likely N-dealkylation sites (tertiary alicyclic amines) is 1. The molecule has 86 valence electrons. The van der Waals surface area contributed by atoms with Crippen LogP contribution in [0, 0.1) is 0 Å². The number of piperazine rings is 1. The van der Waals surface area contributed by atoms with E-state index < -0.39 is 6.23 Å². The standard InChI is InChI=1S/C10H19N3O2/c1-11-3-5-13(6-4-11)8-7-9(14)12(2)10(8)15/h8-9,14H,3-7H2,1-2H3. The molecule has 0 aromatic heterocycles. The summed E-state index contributed by atoms with van der Waals surface area (Å²) in [7, 11) is 3.76. The van der Waals surface area contributed by atoms with Crippen LogP contribution in [0.4, 0.5) is 0 Å². The lowest BCUT2D eigenvalue weighted by Crippen LogP contribution is -2.51. The number of carbonyl (C=O) groups excluding carboxylic acids is 1. The fourth-order valence-corrected chi connectivity index (χ4v) is 2.28. The van der Waals surface area contributed by atoms with Crippen molar-refractivity contribution >= 4 is 5.91 Å². The average Bonchev–Trinajstić information content (AvgIpc) is 2.47. The van der Waals surface area contributed by atoms with Crippen molar-refractivity contribution in [3.8, 4) is 0 Å². The van der Waals surface area contributed by atoms with Crippen molar-refractivity contribution in [3.63, 3.8) is 0 Å². The summed E-state index contributed by atoms with van der Waals surface area (Å²) >= 11 is 0. The number of amides is 1. The van der Waals surface area contributed by atoms with Crippen molar-refractivity contribution in [1.82, 2.24) is 14.7 Å². The van der Waals surface area contributed by atoms with Crippen molar-refractivity contribution in [2.75, 3.05) is 40.3 Å². The third kappa shape index (κ3) is 2.00. The van der Waals surface area contributed by atoms with Crippen LogP contribution in [-0.2, 0) is 4.79 Å². The van der Waals surface area contributed by atoms with E-state index >= 15 is 0 Å². The second-order valence-electron chi connectivity index (χ2n) is 4.52. The first-order chi connectivity index (χ1) is 7.09. The molecule has 5 nitrogen and oxygen atoms in total. The lowest BCUT2D eigenvalue weighted by atomic mass is 10.2. The van der Waals surface area contributed by atoms with E-state index in [9.17, 15) is 9.90 Å². The van der Waals surface area contributed by atoms with Crippen LogP contribution in [0.15, 0.2) is 0 Å². The van der Waals surface area contributed by atoms with Gasteiger partial charge in [0.25, 0.3) is 0 Å². The van der Waals surface area contributed by atoms with Gasteiger partial charge in [0.15, 0.2) is 0 Å². The summed E-state index contributed by atoms with van der Waals surface area (Å²) in [6.45, 7) is 3.86. The van der Waals surface area contributed by atoms with Gasteiger partial charge in [0.2, 0.25) is 5.91 Å². The van der Waals surface area contributed by atoms with Gasteiger partial charge in [-0.05, 0) is 7.05 Å². The lowest BCUT2D eigenvalue weighted by Gasteiger charge is -2.35. The number of rotatable bonds is 1. The van der Waals surface area contributed by atoms with Crippen LogP contribution >= 0.6 is 0 Å². The van der Waals surface area contributed by atoms with Gasteiger partial charge in [-0.1, -0.05) is 0 Å². The van der Waals surface area contributed by atoms with E-state index in [1.807, 2.05) is 0 Å². The topological polar surface area (TPSA) is 47.0 Å². The van der Waals surface area contributed by atoms with Gasteiger partial charge in [-0.3, -0.25) is 9.69 Å². The van der Waals surface area contributed by atoms with E-state index in [2.05, 4.69) is 16.8 Å². The first-order valence-electron chi connectivity index (χ1n) is 5.47. The molecule has 1 N–H and O–H groups in total. The molecule has 0 spiro atoms. The van der Waals surface area contributed by atoms with E-state index in [-0.39, 0.29) is 11.9 Å². The predicted molar refractivity (Wildman–Crippen MR) is 56.3 cm³/mol. The van der Waals surface area contributed by atoms with E-state index in [1.54, 1.807) is 7.05 Å². The summed E-state index contributed by atoms with van der Waals surface area (Å²) in [6, 6.07) is -0.0984. The van der Waals surface area contributed by atoms with Gasteiger partial charge in [0, 0.05) is 39.6 Å². The van der Waals surface area contributed by atoms with Crippen molar-refractivity contribution in [3.05, 3.63) is 0 Å². The van der Waals surface area contributed by atoms with Crippen molar-refractivity contribution in [2.24, 2.45) is 0 Å². The van der Waals surface area contributed by atoms with Gasteiger partial charge in [-0.2, -0.15) is 0 Å². The zero-order valence-electron chi connectivity index (χ0n) is 9.39. The zero-order valence-corrected chi connectivity index (χ0v) is 9.39. The summed E-state index contributed by atoms with van der Waals surface area (Å²) in [5.41, 5.74) is 0. The Morgan fingerprint density at radius 2 is 1.80 bits per heavy atom. The average molecular weight is 213 g/mol. The Morgan fingerprint density at radius 1 is 1.20 bits per heavy atom. The highest BCUT2D eigenvalue weighted by Crippen LogP contribution is 2.21. The quantitative estimate of drug-likeness (QED) is 0.593. The van der Waals surface area contributed by atoms with Gasteiger partial charge in [-0.25, -0.2) is 0 Å². The summed E-state index contributed by atoms with van der Waals surface area (Å²) in [4.78, 5) is 17.7.